The lowest BCUT2D eigenvalue weighted by molar-refractivity contribution is -0.128. The van der Waals surface area contributed by atoms with Gasteiger partial charge in [-0.1, -0.05) is 23.7 Å². The molecule has 2 aromatic rings. The van der Waals surface area contributed by atoms with Crippen LogP contribution in [-0.4, -0.2) is 42.7 Å². The van der Waals surface area contributed by atoms with E-state index in [-0.39, 0.29) is 11.7 Å². The van der Waals surface area contributed by atoms with E-state index in [2.05, 4.69) is 4.90 Å². The zero-order chi connectivity index (χ0) is 16.9. The molecule has 0 aliphatic carbocycles. The molecule has 1 amide bonds. The quantitative estimate of drug-likeness (QED) is 0.768. The van der Waals surface area contributed by atoms with Gasteiger partial charge in [-0.3, -0.25) is 4.79 Å². The van der Waals surface area contributed by atoms with Crippen molar-refractivity contribution in [2.45, 2.75) is 4.90 Å². The maximum Gasteiger partial charge on any atom is 0.233 e. The number of benzene rings is 2. The molecular formula is C18H18ClFN2OS. The highest BCUT2D eigenvalue weighted by Crippen LogP contribution is 2.26. The maximum absolute atomic E-state index is 12.9. The first kappa shape index (κ1) is 17.1. The van der Waals surface area contributed by atoms with E-state index in [1.165, 1.54) is 23.9 Å². The topological polar surface area (TPSA) is 23.6 Å². The van der Waals surface area contributed by atoms with E-state index in [0.717, 1.165) is 28.7 Å². The van der Waals surface area contributed by atoms with Crippen LogP contribution in [0.5, 0.6) is 0 Å². The smallest absolute Gasteiger partial charge is 0.233 e. The zero-order valence-corrected chi connectivity index (χ0v) is 14.7. The predicted octanol–water partition coefficient (Wildman–Crippen LogP) is 3.92. The van der Waals surface area contributed by atoms with Crippen LogP contribution in [0.4, 0.5) is 10.1 Å². The van der Waals surface area contributed by atoms with Gasteiger partial charge in [-0.2, -0.15) is 0 Å². The molecule has 2 aromatic carbocycles. The number of piperazine rings is 1. The molecule has 1 fully saturated rings. The molecule has 0 bridgehead atoms. The van der Waals surface area contributed by atoms with Gasteiger partial charge in [0, 0.05) is 31.1 Å². The van der Waals surface area contributed by atoms with Crippen LogP contribution in [0.15, 0.2) is 53.4 Å². The Kier molecular flexibility index (Phi) is 5.63. The second-order valence-electron chi connectivity index (χ2n) is 5.56. The lowest BCUT2D eigenvalue weighted by atomic mass is 10.2. The van der Waals surface area contributed by atoms with Gasteiger partial charge in [-0.25, -0.2) is 4.39 Å². The van der Waals surface area contributed by atoms with Crippen LogP contribution in [0.25, 0.3) is 0 Å². The van der Waals surface area contributed by atoms with E-state index in [9.17, 15) is 9.18 Å². The van der Waals surface area contributed by atoms with Crippen LogP contribution < -0.4 is 4.90 Å². The van der Waals surface area contributed by atoms with E-state index in [0.29, 0.717) is 18.8 Å². The Hall–Kier alpha value is -1.72. The van der Waals surface area contributed by atoms with E-state index >= 15 is 0 Å². The first-order valence-electron chi connectivity index (χ1n) is 7.79. The fourth-order valence-corrected chi connectivity index (χ4v) is 3.73. The molecule has 0 unspecified atom stereocenters. The number of para-hydroxylation sites is 1. The Morgan fingerprint density at radius 1 is 1.04 bits per heavy atom. The summed E-state index contributed by atoms with van der Waals surface area (Å²) in [5.41, 5.74) is 1.02. The first-order chi connectivity index (χ1) is 11.6. The minimum atomic E-state index is -0.263. The van der Waals surface area contributed by atoms with Gasteiger partial charge in [0.25, 0.3) is 0 Å². The van der Waals surface area contributed by atoms with Crippen LogP contribution in [-0.2, 0) is 4.79 Å². The third-order valence-corrected chi connectivity index (χ3v) is 5.32. The van der Waals surface area contributed by atoms with Crippen molar-refractivity contribution in [1.82, 2.24) is 4.90 Å². The third kappa shape index (κ3) is 4.22. The molecule has 3 rings (SSSR count). The van der Waals surface area contributed by atoms with Crippen LogP contribution >= 0.6 is 23.4 Å². The Bertz CT molecular complexity index is 702. The van der Waals surface area contributed by atoms with Crippen LogP contribution in [0.1, 0.15) is 0 Å². The van der Waals surface area contributed by atoms with Crippen LogP contribution in [0.2, 0.25) is 5.02 Å². The second kappa shape index (κ2) is 7.90. The van der Waals surface area contributed by atoms with Gasteiger partial charge in [0.15, 0.2) is 0 Å². The van der Waals surface area contributed by atoms with Crippen molar-refractivity contribution in [3.63, 3.8) is 0 Å². The Labute approximate surface area is 150 Å². The molecule has 3 nitrogen and oxygen atoms in total. The standard InChI is InChI=1S/C18H18ClFN2OS/c19-16-3-1-2-4-17(16)21-9-11-22(12-10-21)18(23)13-24-15-7-5-14(20)6-8-15/h1-8H,9-13H2. The van der Waals surface area contributed by atoms with Crippen molar-refractivity contribution in [3.05, 3.63) is 59.4 Å². The van der Waals surface area contributed by atoms with Crippen molar-refractivity contribution in [3.8, 4) is 0 Å². The van der Waals surface area contributed by atoms with Crippen molar-refractivity contribution in [1.29, 1.82) is 0 Å². The van der Waals surface area contributed by atoms with Gasteiger partial charge in [0.05, 0.1) is 16.5 Å². The number of halogens is 2. The summed E-state index contributed by atoms with van der Waals surface area (Å²) >= 11 is 7.67. The van der Waals surface area contributed by atoms with E-state index in [1.54, 1.807) is 12.1 Å². The summed E-state index contributed by atoms with van der Waals surface area (Å²) in [6, 6.07) is 14.0. The van der Waals surface area contributed by atoms with Gasteiger partial charge in [-0.05, 0) is 36.4 Å². The molecule has 24 heavy (non-hydrogen) atoms. The summed E-state index contributed by atoms with van der Waals surface area (Å²) < 4.78 is 12.9. The maximum atomic E-state index is 12.9. The van der Waals surface area contributed by atoms with Crippen molar-refractivity contribution in [2.24, 2.45) is 0 Å². The minimum Gasteiger partial charge on any atom is -0.367 e. The zero-order valence-electron chi connectivity index (χ0n) is 13.1. The fourth-order valence-electron chi connectivity index (χ4n) is 2.67. The Balaban J connectivity index is 1.50. The molecule has 0 saturated carbocycles. The Morgan fingerprint density at radius 3 is 2.38 bits per heavy atom. The number of carbonyl (C=O) groups is 1. The summed E-state index contributed by atoms with van der Waals surface area (Å²) in [7, 11) is 0. The normalized spacial score (nSPS) is 14.8. The van der Waals surface area contributed by atoms with E-state index in [1.807, 2.05) is 29.2 Å². The summed E-state index contributed by atoms with van der Waals surface area (Å²) in [4.78, 5) is 17.3. The summed E-state index contributed by atoms with van der Waals surface area (Å²) in [5, 5.41) is 0.740. The van der Waals surface area contributed by atoms with Gasteiger partial charge >= 0.3 is 0 Å². The highest BCUT2D eigenvalue weighted by molar-refractivity contribution is 8.00. The van der Waals surface area contributed by atoms with E-state index < -0.39 is 0 Å². The number of thioether (sulfide) groups is 1. The molecule has 1 aliphatic heterocycles. The van der Waals surface area contributed by atoms with Crippen molar-refractivity contribution >= 4 is 35.0 Å². The molecule has 1 heterocycles. The number of anilines is 1. The number of hydrogen-bond donors (Lipinski definition) is 0. The van der Waals surface area contributed by atoms with E-state index in [4.69, 9.17) is 11.6 Å². The monoisotopic (exact) mass is 364 g/mol. The molecule has 0 aromatic heterocycles. The highest BCUT2D eigenvalue weighted by atomic mass is 35.5. The summed E-state index contributed by atoms with van der Waals surface area (Å²) in [6.45, 7) is 2.93. The number of amides is 1. The molecule has 0 radical (unpaired) electrons. The SMILES string of the molecule is O=C(CSc1ccc(F)cc1)N1CCN(c2ccccc2Cl)CC1. The number of rotatable bonds is 4. The number of carbonyl (C=O) groups excluding carboxylic acids is 1. The fraction of sp³-hybridized carbons (Fsp3) is 0.278. The molecule has 1 saturated heterocycles. The van der Waals surface area contributed by atoms with Crippen LogP contribution in [0, 0.1) is 5.82 Å². The molecule has 0 spiro atoms. The average Bonchev–Trinajstić information content (AvgIpc) is 2.61. The second-order valence-corrected chi connectivity index (χ2v) is 7.02. The van der Waals surface area contributed by atoms with Gasteiger partial charge in [0.1, 0.15) is 5.82 Å². The minimum absolute atomic E-state index is 0.114. The lowest BCUT2D eigenvalue weighted by Crippen LogP contribution is -2.49. The summed E-state index contributed by atoms with van der Waals surface area (Å²) in [5.74, 6) is 0.224. The summed E-state index contributed by atoms with van der Waals surface area (Å²) in [6.07, 6.45) is 0. The van der Waals surface area contributed by atoms with Gasteiger partial charge in [0.2, 0.25) is 5.91 Å². The first-order valence-corrected chi connectivity index (χ1v) is 9.15. The lowest BCUT2D eigenvalue weighted by Gasteiger charge is -2.36. The number of nitrogens with zero attached hydrogens (tertiary/aromatic N) is 2. The third-order valence-electron chi connectivity index (χ3n) is 4.00. The van der Waals surface area contributed by atoms with Crippen molar-refractivity contribution in [2.75, 3.05) is 36.8 Å². The Morgan fingerprint density at radius 2 is 1.71 bits per heavy atom. The number of hydrogen-bond acceptors (Lipinski definition) is 3. The molecule has 1 aliphatic rings. The van der Waals surface area contributed by atoms with Crippen LogP contribution in [0.3, 0.4) is 0 Å². The molecule has 126 valence electrons. The van der Waals surface area contributed by atoms with Crippen molar-refractivity contribution < 1.29 is 9.18 Å². The molecule has 0 N–H and O–H groups in total. The van der Waals surface area contributed by atoms with Gasteiger partial charge < -0.3 is 9.80 Å². The molecule has 0 atom stereocenters. The molecule has 6 heteroatoms. The van der Waals surface area contributed by atoms with Gasteiger partial charge in [-0.15, -0.1) is 11.8 Å². The predicted molar refractivity (Wildman–Crippen MR) is 97.4 cm³/mol. The highest BCUT2D eigenvalue weighted by Gasteiger charge is 2.22. The average molecular weight is 365 g/mol. The largest absolute Gasteiger partial charge is 0.367 e. The molecular weight excluding hydrogens is 347 g/mol.